The van der Waals surface area contributed by atoms with E-state index in [9.17, 15) is 14.7 Å². The summed E-state index contributed by atoms with van der Waals surface area (Å²) in [5.41, 5.74) is 7.82. The molecule has 1 heterocycles. The van der Waals surface area contributed by atoms with E-state index in [0.717, 1.165) is 17.7 Å². The van der Waals surface area contributed by atoms with Gasteiger partial charge in [-0.25, -0.2) is 0 Å². The van der Waals surface area contributed by atoms with Crippen LogP contribution in [0.4, 0.5) is 5.69 Å². The van der Waals surface area contributed by atoms with Crippen LogP contribution in [-0.2, 0) is 20.7 Å². The van der Waals surface area contributed by atoms with Gasteiger partial charge in [-0.05, 0) is 36.3 Å². The molecule has 0 aromatic heterocycles. The number of hydrogen-bond acceptors (Lipinski definition) is 5. The molecular weight excluding hydrogens is 384 g/mol. The third-order valence-corrected chi connectivity index (χ3v) is 5.86. The van der Waals surface area contributed by atoms with Gasteiger partial charge in [-0.1, -0.05) is 39.0 Å². The van der Waals surface area contributed by atoms with Crippen LogP contribution in [-0.4, -0.2) is 54.5 Å². The number of carbonyl (C=O) groups is 2. The number of hydrogen-bond donors (Lipinski definition) is 3. The molecule has 7 heteroatoms. The number of anilines is 1. The first-order chi connectivity index (χ1) is 14.0. The molecule has 0 fully saturated rings. The Bertz CT molecular complexity index is 736. The minimum absolute atomic E-state index is 0.0221. The van der Waals surface area contributed by atoms with Gasteiger partial charge < -0.3 is 25.6 Å². The van der Waals surface area contributed by atoms with Gasteiger partial charge in [0.05, 0.1) is 18.6 Å². The van der Waals surface area contributed by atoms with Crippen LogP contribution in [0.1, 0.15) is 45.6 Å². The van der Waals surface area contributed by atoms with E-state index >= 15 is 0 Å². The quantitative estimate of drug-likeness (QED) is 0.536. The van der Waals surface area contributed by atoms with Gasteiger partial charge >= 0.3 is 5.97 Å². The number of nitrogens with two attached hydrogens (primary N) is 1. The minimum atomic E-state index is -0.954. The van der Waals surface area contributed by atoms with E-state index in [1.165, 1.54) is 0 Å². The fourth-order valence-electron chi connectivity index (χ4n) is 4.25. The minimum Gasteiger partial charge on any atom is -0.481 e. The number of methoxy groups -OCH3 is 1. The third kappa shape index (κ3) is 6.52. The van der Waals surface area contributed by atoms with Crippen molar-refractivity contribution in [3.63, 3.8) is 0 Å². The highest BCUT2D eigenvalue weighted by molar-refractivity contribution is 5.95. The summed E-state index contributed by atoms with van der Waals surface area (Å²) in [6.07, 6.45) is 0.765. The first-order valence-corrected chi connectivity index (χ1v) is 10.6. The molecule has 7 nitrogen and oxygen atoms in total. The van der Waals surface area contributed by atoms with Crippen LogP contribution < -0.4 is 10.6 Å². The molecule has 1 aromatic rings. The lowest BCUT2D eigenvalue weighted by molar-refractivity contribution is -0.142. The molecule has 0 bridgehead atoms. The van der Waals surface area contributed by atoms with Gasteiger partial charge in [0, 0.05) is 37.7 Å². The van der Waals surface area contributed by atoms with Gasteiger partial charge in [-0.3, -0.25) is 9.59 Å². The molecule has 1 aliphatic heterocycles. The Morgan fingerprint density at radius 2 is 2.00 bits per heavy atom. The van der Waals surface area contributed by atoms with Crippen LogP contribution in [0.15, 0.2) is 24.3 Å². The number of rotatable bonds is 10. The maximum Gasteiger partial charge on any atom is 0.306 e. The number of carboxylic acid groups (broad SMARTS) is 1. The predicted octanol–water partition coefficient (Wildman–Crippen LogP) is 2.44. The smallest absolute Gasteiger partial charge is 0.306 e. The summed E-state index contributed by atoms with van der Waals surface area (Å²) < 4.78 is 5.33. The lowest BCUT2D eigenvalue weighted by Gasteiger charge is -2.37. The standard InChI is InChI=1S/C23H36N2O5/c1-15(22(28)29)9-20(26)18(24)11-23(2,3)12-21(27)25-13-16(14-30-4)10-17-7-5-6-8-19(17)25/h5-8,15-16,18,20,26H,9-14,24H2,1-4H3,(H,28,29)/t15-,16-,18+,20+/m1/s1. The van der Waals surface area contributed by atoms with Gasteiger partial charge in [0.1, 0.15) is 0 Å². The van der Waals surface area contributed by atoms with Crippen molar-refractivity contribution in [2.45, 2.75) is 58.6 Å². The van der Waals surface area contributed by atoms with E-state index in [-0.39, 0.29) is 24.7 Å². The summed E-state index contributed by atoms with van der Waals surface area (Å²) >= 11 is 0. The SMILES string of the molecule is COC[C@@H]1Cc2ccccc2N(C(=O)CC(C)(C)C[C@H](N)[C@@H](O)C[C@@H](C)C(=O)O)C1. The molecule has 30 heavy (non-hydrogen) atoms. The number of aliphatic hydroxyl groups is 1. The maximum absolute atomic E-state index is 13.2. The molecule has 2 rings (SSSR count). The summed E-state index contributed by atoms with van der Waals surface area (Å²) in [5.74, 6) is -1.35. The predicted molar refractivity (Wildman–Crippen MR) is 116 cm³/mol. The number of ether oxygens (including phenoxy) is 1. The van der Waals surface area contributed by atoms with Gasteiger partial charge in [0.15, 0.2) is 0 Å². The Labute approximate surface area is 179 Å². The van der Waals surface area contributed by atoms with Crippen molar-refractivity contribution in [3.05, 3.63) is 29.8 Å². The second-order valence-electron chi connectivity index (χ2n) is 9.41. The average molecular weight is 421 g/mol. The summed E-state index contributed by atoms with van der Waals surface area (Å²) in [5, 5.41) is 19.3. The van der Waals surface area contributed by atoms with Crippen LogP contribution in [0.2, 0.25) is 0 Å². The summed E-state index contributed by atoms with van der Waals surface area (Å²) in [7, 11) is 1.67. The highest BCUT2D eigenvalue weighted by atomic mass is 16.5. The number of nitrogens with zero attached hydrogens (tertiary/aromatic N) is 1. The molecule has 0 saturated carbocycles. The number of carbonyl (C=O) groups excluding carboxylic acids is 1. The summed E-state index contributed by atoms with van der Waals surface area (Å²) in [4.78, 5) is 26.1. The van der Waals surface area contributed by atoms with Crippen molar-refractivity contribution >= 4 is 17.6 Å². The summed E-state index contributed by atoms with van der Waals surface area (Å²) in [6, 6.07) is 7.37. The summed E-state index contributed by atoms with van der Waals surface area (Å²) in [6.45, 7) is 6.68. The van der Waals surface area contributed by atoms with Crippen molar-refractivity contribution in [3.8, 4) is 0 Å². The first-order valence-electron chi connectivity index (χ1n) is 10.6. The van der Waals surface area contributed by atoms with Gasteiger partial charge in [-0.15, -0.1) is 0 Å². The van der Waals surface area contributed by atoms with E-state index in [0.29, 0.717) is 19.6 Å². The lowest BCUT2D eigenvalue weighted by Crippen LogP contribution is -2.44. The van der Waals surface area contributed by atoms with Crippen molar-refractivity contribution in [2.24, 2.45) is 23.0 Å². The molecule has 1 aromatic carbocycles. The number of amides is 1. The normalized spacial score (nSPS) is 19.7. The van der Waals surface area contributed by atoms with Gasteiger partial charge in [0.25, 0.3) is 0 Å². The first kappa shape index (κ1) is 24.3. The van der Waals surface area contributed by atoms with Crippen LogP contribution in [0.3, 0.4) is 0 Å². The molecule has 0 radical (unpaired) electrons. The molecule has 0 aliphatic carbocycles. The second kappa shape index (κ2) is 10.4. The van der Waals surface area contributed by atoms with E-state index in [4.69, 9.17) is 15.6 Å². The number of para-hydroxylation sites is 1. The molecule has 0 saturated heterocycles. The second-order valence-corrected chi connectivity index (χ2v) is 9.41. The zero-order valence-electron chi connectivity index (χ0n) is 18.5. The van der Waals surface area contributed by atoms with E-state index < -0.39 is 29.4 Å². The molecule has 1 aliphatic rings. The Hall–Kier alpha value is -1.96. The van der Waals surface area contributed by atoms with Crippen LogP contribution in [0.25, 0.3) is 0 Å². The van der Waals surface area contributed by atoms with E-state index in [1.807, 2.05) is 36.9 Å². The molecule has 168 valence electrons. The van der Waals surface area contributed by atoms with Crippen molar-refractivity contribution in [2.75, 3.05) is 25.2 Å². The zero-order chi connectivity index (χ0) is 22.5. The number of aliphatic carboxylic acids is 1. The van der Waals surface area contributed by atoms with Crippen molar-refractivity contribution < 1.29 is 24.5 Å². The number of aliphatic hydroxyl groups excluding tert-OH is 1. The largest absolute Gasteiger partial charge is 0.481 e. The topological polar surface area (TPSA) is 113 Å². The highest BCUT2D eigenvalue weighted by Gasteiger charge is 2.34. The molecule has 0 unspecified atom stereocenters. The Balaban J connectivity index is 2.05. The van der Waals surface area contributed by atoms with Gasteiger partial charge in [-0.2, -0.15) is 0 Å². The van der Waals surface area contributed by atoms with Crippen molar-refractivity contribution in [1.82, 2.24) is 0 Å². The Kier molecular flexibility index (Phi) is 8.41. The van der Waals surface area contributed by atoms with E-state index in [1.54, 1.807) is 14.0 Å². The molecule has 4 atom stereocenters. The average Bonchev–Trinajstić information content (AvgIpc) is 2.66. The van der Waals surface area contributed by atoms with Crippen molar-refractivity contribution in [1.29, 1.82) is 0 Å². The van der Waals surface area contributed by atoms with E-state index in [2.05, 4.69) is 6.07 Å². The lowest BCUT2D eigenvalue weighted by atomic mass is 9.79. The number of benzene rings is 1. The molecule has 4 N–H and O–H groups in total. The zero-order valence-corrected chi connectivity index (χ0v) is 18.5. The highest BCUT2D eigenvalue weighted by Crippen LogP contribution is 2.34. The monoisotopic (exact) mass is 420 g/mol. The molecule has 0 spiro atoms. The van der Waals surface area contributed by atoms with Crippen LogP contribution in [0.5, 0.6) is 0 Å². The Morgan fingerprint density at radius 1 is 1.33 bits per heavy atom. The third-order valence-electron chi connectivity index (χ3n) is 5.86. The number of fused-ring (bicyclic) bond motifs is 1. The fraction of sp³-hybridized carbons (Fsp3) is 0.652. The molecule has 1 amide bonds. The molecular formula is C23H36N2O5. The van der Waals surface area contributed by atoms with Crippen LogP contribution >= 0.6 is 0 Å². The van der Waals surface area contributed by atoms with Crippen LogP contribution in [0, 0.1) is 17.3 Å². The maximum atomic E-state index is 13.2. The number of carboxylic acids is 1. The van der Waals surface area contributed by atoms with Gasteiger partial charge in [0.2, 0.25) is 5.91 Å². The fourth-order valence-corrected chi connectivity index (χ4v) is 4.25. The Morgan fingerprint density at radius 3 is 2.63 bits per heavy atom.